The molecule has 0 saturated heterocycles. The zero-order valence-electron chi connectivity index (χ0n) is 6.99. The summed E-state index contributed by atoms with van der Waals surface area (Å²) in [5.41, 5.74) is 6.38. The van der Waals surface area contributed by atoms with Gasteiger partial charge in [0.15, 0.2) is 0 Å². The second-order valence-electron chi connectivity index (χ2n) is 2.86. The standard InChI is InChI=1S/C10H9NOS/c11-10(12)9-6-7-4-2-1-3-5-8(7)13-9/h1-3,5-6H,4H2,(H2,11,12). The van der Waals surface area contributed by atoms with Crippen molar-refractivity contribution in [1.29, 1.82) is 0 Å². The lowest BCUT2D eigenvalue weighted by Crippen LogP contribution is -2.08. The Labute approximate surface area is 80.4 Å². The molecule has 1 heterocycles. The maximum absolute atomic E-state index is 10.9. The second kappa shape index (κ2) is 3.18. The van der Waals surface area contributed by atoms with E-state index in [4.69, 9.17) is 5.73 Å². The van der Waals surface area contributed by atoms with Crippen LogP contribution in [0.3, 0.4) is 0 Å². The topological polar surface area (TPSA) is 43.1 Å². The Bertz CT molecular complexity index is 401. The summed E-state index contributed by atoms with van der Waals surface area (Å²) in [5, 5.41) is 0. The number of hydrogen-bond acceptors (Lipinski definition) is 2. The summed E-state index contributed by atoms with van der Waals surface area (Å²) in [6.07, 6.45) is 8.95. The van der Waals surface area contributed by atoms with Crippen molar-refractivity contribution >= 4 is 23.3 Å². The van der Waals surface area contributed by atoms with Crippen molar-refractivity contribution in [3.63, 3.8) is 0 Å². The molecule has 2 N–H and O–H groups in total. The number of rotatable bonds is 1. The highest BCUT2D eigenvalue weighted by atomic mass is 32.1. The van der Waals surface area contributed by atoms with Gasteiger partial charge in [0.25, 0.3) is 5.91 Å². The molecule has 0 unspecified atom stereocenters. The molecule has 1 amide bonds. The molecule has 0 fully saturated rings. The molecule has 2 rings (SSSR count). The number of thiophene rings is 1. The molecule has 0 aliphatic heterocycles. The van der Waals surface area contributed by atoms with Crippen LogP contribution in [0.5, 0.6) is 0 Å². The molecule has 1 aromatic heterocycles. The summed E-state index contributed by atoms with van der Waals surface area (Å²) in [6.45, 7) is 0. The average molecular weight is 191 g/mol. The lowest BCUT2D eigenvalue weighted by Gasteiger charge is -1.89. The third-order valence-electron chi connectivity index (χ3n) is 1.92. The van der Waals surface area contributed by atoms with Crippen molar-refractivity contribution in [3.8, 4) is 0 Å². The van der Waals surface area contributed by atoms with Gasteiger partial charge in [-0.3, -0.25) is 4.79 Å². The van der Waals surface area contributed by atoms with Crippen LogP contribution in [-0.2, 0) is 6.42 Å². The number of amides is 1. The number of allylic oxidation sites excluding steroid dienone is 3. The zero-order valence-corrected chi connectivity index (χ0v) is 7.80. The monoisotopic (exact) mass is 191 g/mol. The molecule has 0 saturated carbocycles. The number of hydrogen-bond donors (Lipinski definition) is 1. The Morgan fingerprint density at radius 2 is 2.31 bits per heavy atom. The third kappa shape index (κ3) is 1.55. The van der Waals surface area contributed by atoms with Gasteiger partial charge in [-0.25, -0.2) is 0 Å². The number of carbonyl (C=O) groups is 1. The quantitative estimate of drug-likeness (QED) is 0.724. The van der Waals surface area contributed by atoms with Gasteiger partial charge < -0.3 is 5.73 Å². The van der Waals surface area contributed by atoms with Crippen molar-refractivity contribution in [3.05, 3.63) is 39.6 Å². The molecule has 0 spiro atoms. The number of primary amides is 1. The largest absolute Gasteiger partial charge is 0.365 e. The Morgan fingerprint density at radius 1 is 1.46 bits per heavy atom. The Hall–Kier alpha value is -1.35. The van der Waals surface area contributed by atoms with E-state index < -0.39 is 0 Å². The summed E-state index contributed by atoms with van der Waals surface area (Å²) < 4.78 is 0. The minimum atomic E-state index is -0.338. The van der Waals surface area contributed by atoms with Crippen molar-refractivity contribution in [2.75, 3.05) is 0 Å². The second-order valence-corrected chi connectivity index (χ2v) is 3.94. The van der Waals surface area contributed by atoms with Gasteiger partial charge in [-0.2, -0.15) is 0 Å². The Kier molecular flexibility index (Phi) is 2.02. The van der Waals surface area contributed by atoms with E-state index >= 15 is 0 Å². The predicted octanol–water partition coefficient (Wildman–Crippen LogP) is 1.97. The first-order chi connectivity index (χ1) is 6.27. The van der Waals surface area contributed by atoms with Crippen LogP contribution in [0.2, 0.25) is 0 Å². The average Bonchev–Trinajstić information content (AvgIpc) is 2.38. The van der Waals surface area contributed by atoms with Gasteiger partial charge in [-0.05, 0) is 24.1 Å². The summed E-state index contributed by atoms with van der Waals surface area (Å²) in [4.78, 5) is 12.7. The van der Waals surface area contributed by atoms with Gasteiger partial charge in [0, 0.05) is 4.88 Å². The Morgan fingerprint density at radius 3 is 3.08 bits per heavy atom. The van der Waals surface area contributed by atoms with Gasteiger partial charge in [0.05, 0.1) is 4.88 Å². The van der Waals surface area contributed by atoms with Crippen LogP contribution in [0.25, 0.3) is 6.08 Å². The third-order valence-corrected chi connectivity index (χ3v) is 3.07. The maximum atomic E-state index is 10.9. The molecular formula is C10H9NOS. The van der Waals surface area contributed by atoms with E-state index in [1.807, 2.05) is 24.3 Å². The molecule has 13 heavy (non-hydrogen) atoms. The fourth-order valence-electron chi connectivity index (χ4n) is 1.28. The van der Waals surface area contributed by atoms with Crippen LogP contribution in [0.15, 0.2) is 24.3 Å². The van der Waals surface area contributed by atoms with Crippen LogP contribution in [0.1, 0.15) is 20.1 Å². The van der Waals surface area contributed by atoms with Crippen molar-refractivity contribution in [2.45, 2.75) is 6.42 Å². The van der Waals surface area contributed by atoms with E-state index in [-0.39, 0.29) is 5.91 Å². The normalized spacial score (nSPS) is 13.8. The van der Waals surface area contributed by atoms with Crippen LogP contribution in [0.4, 0.5) is 0 Å². The van der Waals surface area contributed by atoms with Crippen LogP contribution < -0.4 is 5.73 Å². The highest BCUT2D eigenvalue weighted by Crippen LogP contribution is 2.25. The lowest BCUT2D eigenvalue weighted by molar-refractivity contribution is 0.100. The van der Waals surface area contributed by atoms with E-state index in [1.165, 1.54) is 16.9 Å². The SMILES string of the molecule is NC(=O)c1cc2c(s1)C=CC=CC2. The van der Waals surface area contributed by atoms with Gasteiger partial charge in [-0.1, -0.05) is 18.2 Å². The molecule has 0 radical (unpaired) electrons. The molecule has 0 aromatic carbocycles. The van der Waals surface area contributed by atoms with E-state index in [1.54, 1.807) is 0 Å². The number of carbonyl (C=O) groups excluding carboxylic acids is 1. The molecule has 2 nitrogen and oxygen atoms in total. The summed E-state index contributed by atoms with van der Waals surface area (Å²) in [6, 6.07) is 1.88. The fraction of sp³-hybridized carbons (Fsp3) is 0.100. The number of fused-ring (bicyclic) bond motifs is 1. The first kappa shape index (κ1) is 8.26. The first-order valence-corrected chi connectivity index (χ1v) is 4.85. The van der Waals surface area contributed by atoms with Crippen molar-refractivity contribution < 1.29 is 4.79 Å². The van der Waals surface area contributed by atoms with Crippen molar-refractivity contribution in [1.82, 2.24) is 0 Å². The number of nitrogens with two attached hydrogens (primary N) is 1. The summed E-state index contributed by atoms with van der Waals surface area (Å²) >= 11 is 1.46. The molecule has 1 aliphatic carbocycles. The van der Waals surface area contributed by atoms with Crippen LogP contribution in [0, 0.1) is 0 Å². The van der Waals surface area contributed by atoms with Gasteiger partial charge in [0.1, 0.15) is 0 Å². The molecule has 1 aromatic rings. The van der Waals surface area contributed by atoms with Crippen LogP contribution >= 0.6 is 11.3 Å². The molecule has 66 valence electrons. The molecule has 1 aliphatic rings. The smallest absolute Gasteiger partial charge is 0.258 e. The fourth-order valence-corrected chi connectivity index (χ4v) is 2.24. The van der Waals surface area contributed by atoms with Crippen molar-refractivity contribution in [2.24, 2.45) is 5.73 Å². The highest BCUT2D eigenvalue weighted by molar-refractivity contribution is 7.15. The minimum Gasteiger partial charge on any atom is -0.365 e. The van der Waals surface area contributed by atoms with Gasteiger partial charge >= 0.3 is 0 Å². The lowest BCUT2D eigenvalue weighted by atomic mass is 10.2. The summed E-state index contributed by atoms with van der Waals surface area (Å²) in [7, 11) is 0. The maximum Gasteiger partial charge on any atom is 0.258 e. The van der Waals surface area contributed by atoms with Gasteiger partial charge in [-0.15, -0.1) is 11.3 Å². The molecule has 3 heteroatoms. The first-order valence-electron chi connectivity index (χ1n) is 4.03. The van der Waals surface area contributed by atoms with E-state index in [0.29, 0.717) is 4.88 Å². The van der Waals surface area contributed by atoms with E-state index in [2.05, 4.69) is 6.08 Å². The molecular weight excluding hydrogens is 182 g/mol. The van der Waals surface area contributed by atoms with E-state index in [0.717, 1.165) is 11.3 Å². The summed E-state index contributed by atoms with van der Waals surface area (Å²) in [5.74, 6) is -0.338. The molecule has 0 bridgehead atoms. The Balaban J connectivity index is 2.46. The minimum absolute atomic E-state index is 0.338. The van der Waals surface area contributed by atoms with Crippen LogP contribution in [-0.4, -0.2) is 5.91 Å². The highest BCUT2D eigenvalue weighted by Gasteiger charge is 2.10. The predicted molar refractivity (Wildman–Crippen MR) is 54.7 cm³/mol. The zero-order chi connectivity index (χ0) is 9.26. The van der Waals surface area contributed by atoms with E-state index in [9.17, 15) is 4.79 Å². The van der Waals surface area contributed by atoms with Gasteiger partial charge in [0.2, 0.25) is 0 Å². The molecule has 0 atom stereocenters.